The molecule has 1 radical (unpaired) electrons. The SMILES string of the molecule is Cc1c2c(cc3c1=NCCC3)=[C-]c1cc3c([c-]c1C2)[N-]CCC3.[Rb+].[Re].[Rf].[Rf]. The zero-order chi connectivity index (χ0) is 15.4. The molecule has 27 heavy (non-hydrogen) atoms. The molecule has 0 atom stereocenters. The fourth-order valence-electron chi connectivity index (χ4n) is 4.11. The molecule has 0 amide bonds. The number of fused-ring (bicyclic) bond motifs is 4. The molecule has 0 bridgehead atoms. The molecule has 2 nitrogen and oxygen atoms in total. The predicted octanol–water partition coefficient (Wildman–Crippen LogP) is -0.0761. The third-order valence-corrected chi connectivity index (χ3v) is 5.34. The molecule has 1 aliphatic carbocycles. The molecular weight excluding hydrogens is 1090 g/mol. The van der Waals surface area contributed by atoms with Crippen LogP contribution in [0.15, 0.2) is 17.1 Å². The zero-order valence-corrected chi connectivity index (χ0v) is 36.7. The monoisotopic (exact) mass is 1110 g/mol. The summed E-state index contributed by atoms with van der Waals surface area (Å²) in [7, 11) is 0. The van der Waals surface area contributed by atoms with E-state index in [-0.39, 0.29) is 78.6 Å². The maximum absolute atomic E-state index is 4.77. The van der Waals surface area contributed by atoms with Crippen LogP contribution >= 0.6 is 0 Å². The second-order valence-electron chi connectivity index (χ2n) is 6.84. The molecule has 0 N–H and O–H groups in total. The van der Waals surface area contributed by atoms with Crippen LogP contribution in [0.3, 0.4) is 0 Å². The first kappa shape index (κ1) is 23.4. The Kier molecular flexibility index (Phi) is 7.85. The van der Waals surface area contributed by atoms with Crippen molar-refractivity contribution in [3.05, 3.63) is 67.5 Å². The Balaban J connectivity index is 0.000000911. The first-order valence-electron chi connectivity index (χ1n) is 8.65. The average Bonchev–Trinajstić information content (AvgIpc) is 2.59. The third-order valence-electron chi connectivity index (χ3n) is 5.34. The third kappa shape index (κ3) is 3.84. The van der Waals surface area contributed by atoms with Gasteiger partial charge in [0.05, 0.1) is 0 Å². The molecule has 127 valence electrons. The van der Waals surface area contributed by atoms with E-state index in [9.17, 15) is 0 Å². The molecule has 0 saturated heterocycles. The molecule has 0 fully saturated rings. The molecule has 0 saturated carbocycles. The van der Waals surface area contributed by atoms with Crippen molar-refractivity contribution < 1.29 is 78.6 Å². The number of hydrogen-bond donors (Lipinski definition) is 0. The summed E-state index contributed by atoms with van der Waals surface area (Å²) < 4.78 is 0. The summed E-state index contributed by atoms with van der Waals surface area (Å²) in [6.07, 6.45) is 9.21. The Morgan fingerprint density at radius 1 is 1.07 bits per heavy atom. The van der Waals surface area contributed by atoms with Gasteiger partial charge in [-0.25, -0.2) is 28.8 Å². The van der Waals surface area contributed by atoms with Crippen molar-refractivity contribution in [1.29, 1.82) is 0 Å². The van der Waals surface area contributed by atoms with E-state index in [0.717, 1.165) is 44.5 Å². The molecule has 2 aliphatic heterocycles. The van der Waals surface area contributed by atoms with Crippen LogP contribution in [0.2, 0.25) is 0 Å². The van der Waals surface area contributed by atoms with Gasteiger partial charge in [0.2, 0.25) is 0 Å². The van der Waals surface area contributed by atoms with Crippen LogP contribution in [0, 0.1) is 13.0 Å². The number of hydrogen-bond acceptors (Lipinski definition) is 1. The van der Waals surface area contributed by atoms with Gasteiger partial charge in [0.25, 0.3) is 0 Å². The van der Waals surface area contributed by atoms with Gasteiger partial charge in [-0.2, -0.15) is 6.08 Å². The largest absolute Gasteiger partial charge is 1.00 e. The van der Waals surface area contributed by atoms with Gasteiger partial charge in [0.15, 0.2) is 0 Å². The Hall–Kier alpha value is -1.62. The first-order valence-corrected chi connectivity index (χ1v) is 8.65. The van der Waals surface area contributed by atoms with Crippen LogP contribution in [-0.2, 0) is 39.7 Å². The molecule has 0 unspecified atom stereocenters. The van der Waals surface area contributed by atoms with Gasteiger partial charge in [0, 0.05) is 32.3 Å². The number of aryl methyl sites for hydroxylation is 2. The van der Waals surface area contributed by atoms with E-state index in [1.807, 2.05) is 0 Å². The molecule has 3 aliphatic rings. The molecule has 6 heteroatoms. The van der Waals surface area contributed by atoms with Gasteiger partial charge in [-0.15, -0.1) is 23.4 Å². The van der Waals surface area contributed by atoms with Crippen molar-refractivity contribution in [3.8, 4) is 0 Å². The van der Waals surface area contributed by atoms with E-state index in [1.165, 1.54) is 50.4 Å². The summed E-state index contributed by atoms with van der Waals surface area (Å²) in [5, 5.41) is 7.16. The van der Waals surface area contributed by atoms with Gasteiger partial charge < -0.3 is 5.32 Å². The number of nitrogens with zero attached hydrogens (tertiary/aromatic N) is 2. The van der Waals surface area contributed by atoms with Crippen molar-refractivity contribution in [2.24, 2.45) is 4.99 Å². The minimum atomic E-state index is 0. The van der Waals surface area contributed by atoms with Crippen LogP contribution in [0.4, 0.5) is 5.69 Å². The Morgan fingerprint density at radius 2 is 1.85 bits per heavy atom. The van der Waals surface area contributed by atoms with Crippen LogP contribution in [0.25, 0.3) is 11.4 Å². The van der Waals surface area contributed by atoms with Crippen molar-refractivity contribution in [2.45, 2.75) is 39.0 Å². The summed E-state index contributed by atoms with van der Waals surface area (Å²) >= 11 is 0. The second kappa shape index (κ2) is 9.05. The van der Waals surface area contributed by atoms with Gasteiger partial charge in [0.1, 0.15) is 0 Å². The van der Waals surface area contributed by atoms with E-state index in [4.69, 9.17) is 4.99 Å². The molecule has 2 aromatic rings. The van der Waals surface area contributed by atoms with Crippen molar-refractivity contribution in [1.82, 2.24) is 0 Å². The fraction of sp³-hybridized carbons (Fsp3) is 0.381. The van der Waals surface area contributed by atoms with E-state index in [2.05, 4.69) is 36.5 Å². The molecule has 2 aromatic carbocycles. The maximum Gasteiger partial charge on any atom is 1.00 e. The smallest absolute Gasteiger partial charge is 0.706 e. The molecular formula is C21H19N2RbReRf2-2. The minimum Gasteiger partial charge on any atom is -0.706 e. The number of rotatable bonds is 0. The predicted molar refractivity (Wildman–Crippen MR) is 91.9 cm³/mol. The van der Waals surface area contributed by atoms with Crippen molar-refractivity contribution >= 4 is 11.8 Å². The molecule has 0 spiro atoms. The van der Waals surface area contributed by atoms with Gasteiger partial charge in [-0.3, -0.25) is 10.7 Å². The summed E-state index contributed by atoms with van der Waals surface area (Å²) in [6, 6.07) is 8.20. The Bertz CT molecular complexity index is 960. The van der Waals surface area contributed by atoms with E-state index in [0.29, 0.717) is 0 Å². The second-order valence-corrected chi connectivity index (χ2v) is 6.84. The van der Waals surface area contributed by atoms with E-state index >= 15 is 0 Å². The Labute approximate surface area is 212 Å². The zero-order valence-electron chi connectivity index (χ0n) is 16.3. The molecule has 5 rings (SSSR count). The summed E-state index contributed by atoms with van der Waals surface area (Å²) in [4.78, 5) is 4.77. The quantitative estimate of drug-likeness (QED) is 0.283. The standard InChI is InChI=1S/C21H19N2.Rb.Re.2Rf/c1-13-19-11-17-12-20-14(4-2-6-22-20)8-16(17)10-18(19)9-15-5-3-7-23-21(13)15;;;;/h8-9H,2-7,11H2,1H3;;;;/q-3;+1;;;. The van der Waals surface area contributed by atoms with Crippen molar-refractivity contribution in [2.75, 3.05) is 13.1 Å². The van der Waals surface area contributed by atoms with E-state index in [1.54, 1.807) is 0 Å². The Morgan fingerprint density at radius 3 is 2.67 bits per heavy atom. The summed E-state index contributed by atoms with van der Waals surface area (Å²) in [6.45, 7) is 4.13. The van der Waals surface area contributed by atoms with E-state index < -0.39 is 0 Å². The fourth-order valence-corrected chi connectivity index (χ4v) is 4.11. The van der Waals surface area contributed by atoms with Crippen LogP contribution in [0.5, 0.6) is 0 Å². The maximum atomic E-state index is 4.77. The first-order chi connectivity index (χ1) is 11.3. The van der Waals surface area contributed by atoms with Gasteiger partial charge in [-0.05, 0) is 19.8 Å². The van der Waals surface area contributed by atoms with Gasteiger partial charge >= 0.3 is 58.2 Å². The molecule has 2 heterocycles. The summed E-state index contributed by atoms with van der Waals surface area (Å²) in [5.74, 6) is 0. The van der Waals surface area contributed by atoms with Crippen LogP contribution in [-0.4, -0.2) is 13.1 Å². The topological polar surface area (TPSA) is 26.5 Å². The van der Waals surface area contributed by atoms with Crippen LogP contribution in [0.1, 0.15) is 46.2 Å². The minimum absolute atomic E-state index is 0. The normalized spacial score (nSPS) is 15.0. The van der Waals surface area contributed by atoms with Gasteiger partial charge in [-0.1, -0.05) is 30.4 Å². The number of benzene rings is 2. The van der Waals surface area contributed by atoms with Crippen LogP contribution < -0.4 is 68.8 Å². The molecule has 0 aromatic heterocycles. The summed E-state index contributed by atoms with van der Waals surface area (Å²) in [5.41, 5.74) is 9.03. The average molecular weight is 1110 g/mol. The van der Waals surface area contributed by atoms with Crippen molar-refractivity contribution in [3.63, 3.8) is 0 Å².